The van der Waals surface area contributed by atoms with E-state index in [4.69, 9.17) is 4.42 Å². The third-order valence-electron chi connectivity index (χ3n) is 5.63. The number of halogens is 1. The van der Waals surface area contributed by atoms with Crippen molar-refractivity contribution in [2.24, 2.45) is 0 Å². The van der Waals surface area contributed by atoms with Gasteiger partial charge in [-0.05, 0) is 18.2 Å². The van der Waals surface area contributed by atoms with Crippen molar-refractivity contribution in [1.29, 1.82) is 0 Å². The second-order valence-corrected chi connectivity index (χ2v) is 7.80. The van der Waals surface area contributed by atoms with E-state index < -0.39 is 5.82 Å². The average Bonchev–Trinajstić information content (AvgIpc) is 3.63. The zero-order valence-electron chi connectivity index (χ0n) is 18.3. The van der Waals surface area contributed by atoms with Crippen LogP contribution >= 0.6 is 0 Å². The molecule has 0 radical (unpaired) electrons. The Bertz CT molecular complexity index is 1700. The topological polar surface area (TPSA) is 138 Å². The van der Waals surface area contributed by atoms with Gasteiger partial charge in [-0.25, -0.2) is 19.3 Å². The smallest absolute Gasteiger partial charge is 0.224 e. The van der Waals surface area contributed by atoms with Crippen molar-refractivity contribution in [3.05, 3.63) is 61.3 Å². The molecule has 0 bridgehead atoms. The minimum absolute atomic E-state index is 0.164. The Morgan fingerprint density at radius 2 is 2.03 bits per heavy atom. The van der Waals surface area contributed by atoms with Gasteiger partial charge in [-0.3, -0.25) is 14.9 Å². The number of rotatable bonds is 5. The lowest BCUT2D eigenvalue weighted by molar-refractivity contribution is -0.115. The van der Waals surface area contributed by atoms with Crippen LogP contribution in [0.4, 0.5) is 10.1 Å². The maximum atomic E-state index is 15.9. The van der Waals surface area contributed by atoms with Crippen LogP contribution in [0.15, 0.2) is 59.9 Å². The van der Waals surface area contributed by atoms with Gasteiger partial charge in [-0.2, -0.15) is 5.10 Å². The van der Waals surface area contributed by atoms with Crippen LogP contribution < -0.4 is 5.32 Å². The molecular formula is C24H17FN8O2. The lowest BCUT2D eigenvalue weighted by Crippen LogP contribution is -2.09. The number of carbonyl (C=O) groups excluding carboxylic acids is 1. The molecule has 6 heterocycles. The lowest BCUT2D eigenvalue weighted by atomic mass is 10.1. The SMILES string of the molecule is CCC(=O)Nc1cncc(-c2cnc3n[nH]c(-c4nc5nccc(-c6ccoc6)c5[nH]4)c3c2F)c1. The number of hydrogen-bond acceptors (Lipinski definition) is 7. The molecule has 6 rings (SSSR count). The van der Waals surface area contributed by atoms with E-state index in [1.54, 1.807) is 31.7 Å². The number of carbonyl (C=O) groups is 1. The number of amides is 1. The number of furan rings is 1. The first-order chi connectivity index (χ1) is 17.1. The van der Waals surface area contributed by atoms with E-state index in [-0.39, 0.29) is 22.5 Å². The number of nitrogens with zero attached hydrogens (tertiary/aromatic N) is 5. The largest absolute Gasteiger partial charge is 0.472 e. The third kappa shape index (κ3) is 3.50. The van der Waals surface area contributed by atoms with Crippen LogP contribution in [0.1, 0.15) is 13.3 Å². The highest BCUT2D eigenvalue weighted by Crippen LogP contribution is 2.34. The minimum Gasteiger partial charge on any atom is -0.472 e. The molecule has 0 atom stereocenters. The number of pyridine rings is 3. The van der Waals surface area contributed by atoms with Crippen LogP contribution in [0, 0.1) is 5.82 Å². The maximum Gasteiger partial charge on any atom is 0.224 e. The number of imidazole rings is 1. The Morgan fingerprint density at radius 1 is 1.11 bits per heavy atom. The first kappa shape index (κ1) is 20.7. The summed E-state index contributed by atoms with van der Waals surface area (Å²) in [5.74, 6) is -0.336. The van der Waals surface area contributed by atoms with Crippen LogP contribution in [0.3, 0.4) is 0 Å². The van der Waals surface area contributed by atoms with Gasteiger partial charge in [0.1, 0.15) is 11.5 Å². The Hall–Kier alpha value is -4.93. The van der Waals surface area contributed by atoms with Gasteiger partial charge in [0.2, 0.25) is 5.91 Å². The number of aromatic nitrogens is 7. The normalized spacial score (nSPS) is 11.4. The van der Waals surface area contributed by atoms with Crippen molar-refractivity contribution in [2.75, 3.05) is 5.32 Å². The molecule has 11 heteroatoms. The van der Waals surface area contributed by atoms with Crippen molar-refractivity contribution in [1.82, 2.24) is 35.1 Å². The summed E-state index contributed by atoms with van der Waals surface area (Å²) in [4.78, 5) is 32.3. The van der Waals surface area contributed by atoms with Gasteiger partial charge in [0, 0.05) is 47.3 Å². The first-order valence-electron chi connectivity index (χ1n) is 10.8. The number of nitrogens with one attached hydrogen (secondary N) is 3. The predicted molar refractivity (Wildman–Crippen MR) is 127 cm³/mol. The van der Waals surface area contributed by atoms with Crippen molar-refractivity contribution in [3.63, 3.8) is 0 Å². The Labute approximate surface area is 196 Å². The van der Waals surface area contributed by atoms with Crippen molar-refractivity contribution in [2.45, 2.75) is 13.3 Å². The maximum absolute atomic E-state index is 15.9. The van der Waals surface area contributed by atoms with E-state index in [1.807, 2.05) is 12.1 Å². The third-order valence-corrected chi connectivity index (χ3v) is 5.63. The molecule has 35 heavy (non-hydrogen) atoms. The van der Waals surface area contributed by atoms with Gasteiger partial charge in [0.25, 0.3) is 0 Å². The van der Waals surface area contributed by atoms with E-state index in [0.29, 0.717) is 40.4 Å². The summed E-state index contributed by atoms with van der Waals surface area (Å²) in [7, 11) is 0. The Balaban J connectivity index is 1.48. The van der Waals surface area contributed by atoms with Crippen LogP contribution in [-0.4, -0.2) is 41.0 Å². The van der Waals surface area contributed by atoms with Crippen molar-refractivity contribution < 1.29 is 13.6 Å². The molecule has 6 aromatic heterocycles. The Morgan fingerprint density at radius 3 is 2.86 bits per heavy atom. The molecule has 0 saturated carbocycles. The molecular weight excluding hydrogens is 451 g/mol. The fourth-order valence-electron chi connectivity index (χ4n) is 3.92. The van der Waals surface area contributed by atoms with E-state index >= 15 is 4.39 Å². The summed E-state index contributed by atoms with van der Waals surface area (Å²) in [6.07, 6.45) is 9.58. The summed E-state index contributed by atoms with van der Waals surface area (Å²) in [6.45, 7) is 1.75. The van der Waals surface area contributed by atoms with Crippen molar-refractivity contribution in [3.8, 4) is 33.8 Å². The zero-order valence-corrected chi connectivity index (χ0v) is 18.3. The van der Waals surface area contributed by atoms with Crippen LogP contribution in [-0.2, 0) is 4.79 Å². The fourth-order valence-corrected chi connectivity index (χ4v) is 3.92. The van der Waals surface area contributed by atoms with Crippen LogP contribution in [0.5, 0.6) is 0 Å². The zero-order chi connectivity index (χ0) is 23.9. The van der Waals surface area contributed by atoms with Gasteiger partial charge in [-0.15, -0.1) is 0 Å². The number of H-pyrrole nitrogens is 2. The first-order valence-corrected chi connectivity index (χ1v) is 10.8. The summed E-state index contributed by atoms with van der Waals surface area (Å²) >= 11 is 0. The summed E-state index contributed by atoms with van der Waals surface area (Å²) in [6, 6.07) is 5.33. The van der Waals surface area contributed by atoms with E-state index in [0.717, 1.165) is 11.1 Å². The molecule has 0 unspecified atom stereocenters. The molecule has 1 amide bonds. The number of hydrogen-bond donors (Lipinski definition) is 3. The summed E-state index contributed by atoms with van der Waals surface area (Å²) in [5, 5.41) is 9.91. The van der Waals surface area contributed by atoms with Gasteiger partial charge in [-0.1, -0.05) is 6.92 Å². The quantitative estimate of drug-likeness (QED) is 0.333. The molecule has 3 N–H and O–H groups in total. The van der Waals surface area contributed by atoms with Gasteiger partial charge >= 0.3 is 0 Å². The lowest BCUT2D eigenvalue weighted by Gasteiger charge is -2.07. The molecule has 10 nitrogen and oxygen atoms in total. The van der Waals surface area contributed by atoms with Gasteiger partial charge < -0.3 is 14.7 Å². The summed E-state index contributed by atoms with van der Waals surface area (Å²) in [5.41, 5.74) is 4.55. The highest BCUT2D eigenvalue weighted by atomic mass is 19.1. The second-order valence-electron chi connectivity index (χ2n) is 7.80. The monoisotopic (exact) mass is 468 g/mol. The van der Waals surface area contributed by atoms with E-state index in [9.17, 15) is 4.79 Å². The average molecular weight is 468 g/mol. The standard InChI is InChI=1S/C24H17FN8O2/c1-2-17(34)29-14-7-13(8-26-9-14)16-10-28-22-18(19(16)25)21(32-33-22)24-30-20-15(12-4-6-35-11-12)3-5-27-23(20)31-24/h3-11H,2H2,1H3,(H,29,34)(H,27,30,31)(H,28,32,33). The number of fused-ring (bicyclic) bond motifs is 2. The molecule has 172 valence electrons. The van der Waals surface area contributed by atoms with Crippen LogP contribution in [0.25, 0.3) is 56.0 Å². The van der Waals surface area contributed by atoms with Crippen molar-refractivity contribution >= 4 is 33.8 Å². The van der Waals surface area contributed by atoms with E-state index in [1.165, 1.54) is 18.6 Å². The highest BCUT2D eigenvalue weighted by molar-refractivity contribution is 5.97. The molecule has 0 aliphatic heterocycles. The minimum atomic E-state index is -0.539. The molecule has 0 aliphatic rings. The van der Waals surface area contributed by atoms with E-state index in [2.05, 4.69) is 40.4 Å². The number of anilines is 1. The fraction of sp³-hybridized carbons (Fsp3) is 0.0833. The predicted octanol–water partition coefficient (Wildman–Crippen LogP) is 4.71. The van der Waals surface area contributed by atoms with Gasteiger partial charge in [0.05, 0.1) is 35.3 Å². The molecule has 0 saturated heterocycles. The Kier molecular flexibility index (Phi) is 4.80. The molecule has 0 aromatic carbocycles. The molecule has 0 fully saturated rings. The number of aromatic amines is 2. The summed E-state index contributed by atoms with van der Waals surface area (Å²) < 4.78 is 21.1. The molecule has 0 spiro atoms. The second kappa shape index (κ2) is 8.13. The molecule has 0 aliphatic carbocycles. The molecule has 6 aromatic rings. The highest BCUT2D eigenvalue weighted by Gasteiger charge is 2.21. The van der Waals surface area contributed by atoms with Gasteiger partial charge in [0.15, 0.2) is 17.1 Å². The van der Waals surface area contributed by atoms with Crippen LogP contribution in [0.2, 0.25) is 0 Å².